The van der Waals surface area contributed by atoms with Crippen LogP contribution in [0.25, 0.3) is 5.65 Å². The van der Waals surface area contributed by atoms with Gasteiger partial charge in [-0.25, -0.2) is 0 Å². The zero-order valence-electron chi connectivity index (χ0n) is 15.7. The molecule has 0 unspecified atom stereocenters. The zero-order chi connectivity index (χ0) is 19.0. The van der Waals surface area contributed by atoms with Crippen LogP contribution in [0.15, 0.2) is 36.5 Å². The first kappa shape index (κ1) is 17.5. The van der Waals surface area contributed by atoms with E-state index in [4.69, 9.17) is 4.74 Å². The van der Waals surface area contributed by atoms with Gasteiger partial charge in [-0.2, -0.15) is 0 Å². The summed E-state index contributed by atoms with van der Waals surface area (Å²) in [5.74, 6) is 1.14. The Hall–Kier alpha value is -2.93. The molecule has 7 heteroatoms. The monoisotopic (exact) mass is 365 g/mol. The predicted octanol–water partition coefficient (Wildman–Crippen LogP) is 2.18. The molecule has 0 saturated carbocycles. The van der Waals surface area contributed by atoms with E-state index in [0.29, 0.717) is 30.3 Å². The van der Waals surface area contributed by atoms with Crippen LogP contribution in [0.2, 0.25) is 0 Å². The number of nitrogens with one attached hydrogen (secondary N) is 2. The zero-order valence-corrected chi connectivity index (χ0v) is 15.7. The Morgan fingerprint density at radius 3 is 2.96 bits per heavy atom. The molecule has 0 bridgehead atoms. The summed E-state index contributed by atoms with van der Waals surface area (Å²) in [6.45, 7) is 7.82. The minimum atomic E-state index is -0.712. The summed E-state index contributed by atoms with van der Waals surface area (Å²) in [4.78, 5) is 13.1. The number of benzene rings is 1. The molecule has 0 saturated heterocycles. The van der Waals surface area contributed by atoms with Gasteiger partial charge in [-0.1, -0.05) is 18.2 Å². The van der Waals surface area contributed by atoms with Crippen molar-refractivity contribution in [1.82, 2.24) is 25.2 Å². The molecular formula is C20H23N5O2. The fourth-order valence-electron chi connectivity index (χ4n) is 3.40. The molecule has 2 aromatic heterocycles. The molecular weight excluding hydrogens is 342 g/mol. The van der Waals surface area contributed by atoms with Crippen molar-refractivity contribution in [3.05, 3.63) is 59.0 Å². The first-order chi connectivity index (χ1) is 13.0. The van der Waals surface area contributed by atoms with Crippen LogP contribution in [-0.2, 0) is 12.1 Å². The lowest BCUT2D eigenvalue weighted by Gasteiger charge is -2.25. The fraction of sp³-hybridized carbons (Fsp3) is 0.350. The Morgan fingerprint density at radius 1 is 1.26 bits per heavy atom. The van der Waals surface area contributed by atoms with E-state index in [9.17, 15) is 4.79 Å². The van der Waals surface area contributed by atoms with Gasteiger partial charge in [0.05, 0.1) is 11.1 Å². The fourth-order valence-corrected chi connectivity index (χ4v) is 3.40. The maximum absolute atomic E-state index is 13.1. The van der Waals surface area contributed by atoms with Crippen molar-refractivity contribution in [3.63, 3.8) is 0 Å². The van der Waals surface area contributed by atoms with Gasteiger partial charge in [0.1, 0.15) is 12.4 Å². The van der Waals surface area contributed by atoms with E-state index in [-0.39, 0.29) is 5.91 Å². The van der Waals surface area contributed by atoms with Crippen molar-refractivity contribution >= 4 is 11.6 Å². The Kier molecular flexibility index (Phi) is 4.31. The topological polar surface area (TPSA) is 80.5 Å². The largest absolute Gasteiger partial charge is 0.491 e. The molecule has 1 amide bonds. The number of aromatic nitrogens is 3. The van der Waals surface area contributed by atoms with Gasteiger partial charge < -0.3 is 15.4 Å². The van der Waals surface area contributed by atoms with Crippen LogP contribution >= 0.6 is 0 Å². The quantitative estimate of drug-likeness (QED) is 0.744. The molecule has 1 aliphatic heterocycles. The molecule has 0 radical (unpaired) electrons. The SMILES string of the molecule is Cc1cccn2c(C(C)(C)NC(=O)c3cccc4c3OCCNC4)nnc12. The predicted molar refractivity (Wildman–Crippen MR) is 102 cm³/mol. The number of rotatable bonds is 3. The minimum Gasteiger partial charge on any atom is -0.491 e. The highest BCUT2D eigenvalue weighted by atomic mass is 16.5. The number of ether oxygens (including phenoxy) is 1. The Balaban J connectivity index is 1.67. The number of carbonyl (C=O) groups is 1. The molecule has 3 aromatic rings. The molecule has 0 spiro atoms. The second kappa shape index (κ2) is 6.66. The number of carbonyl (C=O) groups excluding carboxylic acids is 1. The number of aryl methyl sites for hydroxylation is 1. The number of fused-ring (bicyclic) bond motifs is 2. The number of hydrogen-bond donors (Lipinski definition) is 2. The lowest BCUT2D eigenvalue weighted by molar-refractivity contribution is 0.0904. The third kappa shape index (κ3) is 3.14. The molecule has 140 valence electrons. The first-order valence-electron chi connectivity index (χ1n) is 9.06. The average molecular weight is 365 g/mol. The lowest BCUT2D eigenvalue weighted by atomic mass is 10.0. The summed E-state index contributed by atoms with van der Waals surface area (Å²) in [7, 11) is 0. The van der Waals surface area contributed by atoms with E-state index < -0.39 is 5.54 Å². The summed E-state index contributed by atoms with van der Waals surface area (Å²) >= 11 is 0. The highest BCUT2D eigenvalue weighted by molar-refractivity contribution is 5.97. The third-order valence-electron chi connectivity index (χ3n) is 4.80. The molecule has 3 heterocycles. The summed E-state index contributed by atoms with van der Waals surface area (Å²) in [6, 6.07) is 9.59. The lowest BCUT2D eigenvalue weighted by Crippen LogP contribution is -2.42. The number of para-hydroxylation sites is 1. The van der Waals surface area contributed by atoms with Crippen molar-refractivity contribution in [1.29, 1.82) is 0 Å². The van der Waals surface area contributed by atoms with Gasteiger partial charge in [-0.3, -0.25) is 9.20 Å². The van der Waals surface area contributed by atoms with E-state index in [0.717, 1.165) is 23.3 Å². The Morgan fingerprint density at radius 2 is 2.11 bits per heavy atom. The maximum Gasteiger partial charge on any atom is 0.255 e. The molecule has 0 aliphatic carbocycles. The smallest absolute Gasteiger partial charge is 0.255 e. The van der Waals surface area contributed by atoms with E-state index in [1.165, 1.54) is 0 Å². The van der Waals surface area contributed by atoms with Gasteiger partial charge in [0.15, 0.2) is 11.5 Å². The van der Waals surface area contributed by atoms with Crippen LogP contribution in [0.3, 0.4) is 0 Å². The van der Waals surface area contributed by atoms with Gasteiger partial charge in [0.25, 0.3) is 5.91 Å². The van der Waals surface area contributed by atoms with E-state index in [2.05, 4.69) is 20.8 Å². The van der Waals surface area contributed by atoms with E-state index in [1.807, 2.05) is 55.6 Å². The minimum absolute atomic E-state index is 0.192. The molecule has 7 nitrogen and oxygen atoms in total. The number of hydrogen-bond acceptors (Lipinski definition) is 5. The maximum atomic E-state index is 13.1. The van der Waals surface area contributed by atoms with Gasteiger partial charge >= 0.3 is 0 Å². The molecule has 1 aromatic carbocycles. The normalized spacial score (nSPS) is 14.3. The van der Waals surface area contributed by atoms with Gasteiger partial charge in [0, 0.05) is 24.8 Å². The molecule has 2 N–H and O–H groups in total. The highest BCUT2D eigenvalue weighted by Gasteiger charge is 2.30. The standard InChI is InChI=1S/C20H23N5O2/c1-13-6-5-10-25-17(13)23-24-19(25)20(2,3)22-18(26)15-8-4-7-14-12-21-9-11-27-16(14)15/h4-8,10,21H,9,11-12H2,1-3H3,(H,22,26). The number of amides is 1. The summed E-state index contributed by atoms with van der Waals surface area (Å²) in [5, 5.41) is 15.0. The highest BCUT2D eigenvalue weighted by Crippen LogP contribution is 2.27. The van der Waals surface area contributed by atoms with Crippen molar-refractivity contribution in [2.45, 2.75) is 32.9 Å². The van der Waals surface area contributed by atoms with Crippen molar-refractivity contribution < 1.29 is 9.53 Å². The Labute approximate surface area is 157 Å². The summed E-state index contributed by atoms with van der Waals surface area (Å²) in [5.41, 5.74) is 2.64. The van der Waals surface area contributed by atoms with E-state index >= 15 is 0 Å². The van der Waals surface area contributed by atoms with Gasteiger partial charge in [-0.15, -0.1) is 10.2 Å². The van der Waals surface area contributed by atoms with E-state index in [1.54, 1.807) is 6.07 Å². The van der Waals surface area contributed by atoms with Crippen LogP contribution in [-0.4, -0.2) is 33.7 Å². The second-order valence-electron chi connectivity index (χ2n) is 7.31. The summed E-state index contributed by atoms with van der Waals surface area (Å²) in [6.07, 6.45) is 1.91. The Bertz CT molecular complexity index is 1010. The average Bonchev–Trinajstić information content (AvgIpc) is 2.94. The molecule has 0 atom stereocenters. The van der Waals surface area contributed by atoms with Crippen LogP contribution in [0.4, 0.5) is 0 Å². The molecule has 4 rings (SSSR count). The van der Waals surface area contributed by atoms with Crippen LogP contribution < -0.4 is 15.4 Å². The van der Waals surface area contributed by atoms with Crippen molar-refractivity contribution in [2.75, 3.05) is 13.2 Å². The van der Waals surface area contributed by atoms with Crippen LogP contribution in [0, 0.1) is 6.92 Å². The van der Waals surface area contributed by atoms with Crippen LogP contribution in [0.5, 0.6) is 5.75 Å². The summed E-state index contributed by atoms with van der Waals surface area (Å²) < 4.78 is 7.75. The van der Waals surface area contributed by atoms with Crippen molar-refractivity contribution in [2.24, 2.45) is 0 Å². The van der Waals surface area contributed by atoms with Crippen molar-refractivity contribution in [3.8, 4) is 5.75 Å². The molecule has 27 heavy (non-hydrogen) atoms. The first-order valence-corrected chi connectivity index (χ1v) is 9.06. The molecule has 1 aliphatic rings. The number of nitrogens with zero attached hydrogens (tertiary/aromatic N) is 3. The van der Waals surface area contributed by atoms with Gasteiger partial charge in [0.2, 0.25) is 0 Å². The molecule has 0 fully saturated rings. The van der Waals surface area contributed by atoms with Crippen LogP contribution in [0.1, 0.15) is 41.2 Å². The second-order valence-corrected chi connectivity index (χ2v) is 7.31. The van der Waals surface area contributed by atoms with Gasteiger partial charge in [-0.05, 0) is 38.5 Å². The third-order valence-corrected chi connectivity index (χ3v) is 4.80. The number of pyridine rings is 1.